The van der Waals surface area contributed by atoms with Gasteiger partial charge in [-0.1, -0.05) is 40.5 Å². The van der Waals surface area contributed by atoms with Gasteiger partial charge >= 0.3 is 0 Å². The van der Waals surface area contributed by atoms with E-state index in [1.807, 2.05) is 0 Å². The van der Waals surface area contributed by atoms with Crippen LogP contribution < -0.4 is 5.32 Å². The van der Waals surface area contributed by atoms with Gasteiger partial charge < -0.3 is 5.32 Å². The van der Waals surface area contributed by atoms with Gasteiger partial charge in [0.1, 0.15) is 0 Å². The van der Waals surface area contributed by atoms with Crippen molar-refractivity contribution >= 4 is 0 Å². The zero-order chi connectivity index (χ0) is 14.6. The van der Waals surface area contributed by atoms with Crippen LogP contribution in [0.5, 0.6) is 0 Å². The molecule has 0 spiro atoms. The summed E-state index contributed by atoms with van der Waals surface area (Å²) in [6, 6.07) is 1.55. The molecular weight excluding hydrogens is 244 g/mol. The van der Waals surface area contributed by atoms with Crippen LogP contribution in [-0.4, -0.2) is 36.6 Å². The number of likely N-dealkylation sites (tertiary alicyclic amines) is 1. The maximum atomic E-state index is 3.77. The zero-order valence-corrected chi connectivity index (χ0v) is 14.3. The highest BCUT2D eigenvalue weighted by Crippen LogP contribution is 2.36. The third-order valence-electron chi connectivity index (χ3n) is 5.71. The highest BCUT2D eigenvalue weighted by Gasteiger charge is 2.36. The lowest BCUT2D eigenvalue weighted by Crippen LogP contribution is -2.55. The second-order valence-corrected chi connectivity index (χ2v) is 7.90. The van der Waals surface area contributed by atoms with Crippen molar-refractivity contribution in [3.63, 3.8) is 0 Å². The van der Waals surface area contributed by atoms with E-state index in [0.717, 1.165) is 24.5 Å². The molecule has 1 aliphatic carbocycles. The van der Waals surface area contributed by atoms with Crippen LogP contribution >= 0.6 is 0 Å². The molecule has 0 bridgehead atoms. The molecule has 118 valence electrons. The second-order valence-electron chi connectivity index (χ2n) is 7.90. The summed E-state index contributed by atoms with van der Waals surface area (Å²) < 4.78 is 0. The number of nitrogens with one attached hydrogen (secondary N) is 1. The summed E-state index contributed by atoms with van der Waals surface area (Å²) in [4.78, 5) is 2.82. The fourth-order valence-corrected chi connectivity index (χ4v) is 4.27. The van der Waals surface area contributed by atoms with Gasteiger partial charge in [-0.25, -0.2) is 0 Å². The van der Waals surface area contributed by atoms with E-state index < -0.39 is 0 Å². The minimum atomic E-state index is 0.571. The first-order valence-corrected chi connectivity index (χ1v) is 9.03. The molecule has 2 heteroatoms. The lowest BCUT2D eigenvalue weighted by molar-refractivity contribution is 0.0437. The Bertz CT molecular complexity index is 277. The number of hydrogen-bond donors (Lipinski definition) is 1. The van der Waals surface area contributed by atoms with Crippen LogP contribution in [0.4, 0.5) is 0 Å². The van der Waals surface area contributed by atoms with Gasteiger partial charge in [-0.15, -0.1) is 0 Å². The van der Waals surface area contributed by atoms with Gasteiger partial charge in [0.15, 0.2) is 0 Å². The van der Waals surface area contributed by atoms with Crippen LogP contribution in [0.15, 0.2) is 0 Å². The molecule has 0 amide bonds. The van der Waals surface area contributed by atoms with Gasteiger partial charge in [-0.3, -0.25) is 4.90 Å². The average Bonchev–Trinajstić information content (AvgIpc) is 2.41. The summed E-state index contributed by atoms with van der Waals surface area (Å²) in [5, 5.41) is 3.77. The molecule has 2 fully saturated rings. The van der Waals surface area contributed by atoms with Crippen molar-refractivity contribution in [3.8, 4) is 0 Å². The summed E-state index contributed by atoms with van der Waals surface area (Å²) in [6.45, 7) is 13.2. The Kier molecular flexibility index (Phi) is 5.92. The molecule has 1 N–H and O–H groups in total. The molecule has 1 saturated carbocycles. The zero-order valence-electron chi connectivity index (χ0n) is 14.3. The molecule has 3 unspecified atom stereocenters. The molecule has 3 atom stereocenters. The van der Waals surface area contributed by atoms with Crippen LogP contribution in [0.3, 0.4) is 0 Å². The second kappa shape index (κ2) is 7.26. The standard InChI is InChI=1S/C18H36N2/c1-5-7-15-8-9-16(19-6-2)17(14-15)20-12-10-18(3,4)11-13-20/h15-17,19H,5-14H2,1-4H3. The first-order chi connectivity index (χ1) is 9.55. The van der Waals surface area contributed by atoms with Crippen molar-refractivity contribution in [2.45, 2.75) is 84.7 Å². The first kappa shape index (κ1) is 16.3. The quantitative estimate of drug-likeness (QED) is 0.817. The summed E-state index contributed by atoms with van der Waals surface area (Å²) in [5.41, 5.74) is 0.571. The Morgan fingerprint density at radius 1 is 1.10 bits per heavy atom. The minimum Gasteiger partial charge on any atom is -0.313 e. The molecule has 1 heterocycles. The normalized spacial score (nSPS) is 35.1. The fraction of sp³-hybridized carbons (Fsp3) is 1.00. The number of rotatable bonds is 5. The summed E-state index contributed by atoms with van der Waals surface area (Å²) >= 11 is 0. The van der Waals surface area contributed by atoms with Crippen molar-refractivity contribution in [2.75, 3.05) is 19.6 Å². The first-order valence-electron chi connectivity index (χ1n) is 9.03. The molecule has 2 rings (SSSR count). The van der Waals surface area contributed by atoms with E-state index in [1.165, 1.54) is 58.0 Å². The average molecular weight is 281 g/mol. The molecule has 0 aromatic rings. The van der Waals surface area contributed by atoms with Gasteiger partial charge in [-0.2, -0.15) is 0 Å². The van der Waals surface area contributed by atoms with E-state index >= 15 is 0 Å². The highest BCUT2D eigenvalue weighted by molar-refractivity contribution is 4.93. The molecule has 0 radical (unpaired) electrons. The van der Waals surface area contributed by atoms with Crippen molar-refractivity contribution in [2.24, 2.45) is 11.3 Å². The van der Waals surface area contributed by atoms with Crippen LogP contribution in [0.2, 0.25) is 0 Å². The Balaban J connectivity index is 1.96. The maximum Gasteiger partial charge on any atom is 0.0251 e. The van der Waals surface area contributed by atoms with Crippen molar-refractivity contribution in [1.29, 1.82) is 0 Å². The van der Waals surface area contributed by atoms with E-state index in [2.05, 4.69) is 37.9 Å². The van der Waals surface area contributed by atoms with Crippen molar-refractivity contribution in [1.82, 2.24) is 10.2 Å². The summed E-state index contributed by atoms with van der Waals surface area (Å²) in [6.07, 6.45) is 9.82. The number of piperidine rings is 1. The number of likely N-dealkylation sites (N-methyl/N-ethyl adjacent to an activating group) is 1. The monoisotopic (exact) mass is 280 g/mol. The van der Waals surface area contributed by atoms with E-state index in [4.69, 9.17) is 0 Å². The van der Waals surface area contributed by atoms with Crippen LogP contribution in [0.1, 0.15) is 72.6 Å². The topological polar surface area (TPSA) is 15.3 Å². The largest absolute Gasteiger partial charge is 0.313 e. The van der Waals surface area contributed by atoms with E-state index in [0.29, 0.717) is 5.41 Å². The number of hydrogen-bond acceptors (Lipinski definition) is 2. The molecule has 20 heavy (non-hydrogen) atoms. The minimum absolute atomic E-state index is 0.571. The molecular formula is C18H36N2. The van der Waals surface area contributed by atoms with E-state index in [9.17, 15) is 0 Å². The van der Waals surface area contributed by atoms with Gasteiger partial charge in [0, 0.05) is 12.1 Å². The summed E-state index contributed by atoms with van der Waals surface area (Å²) in [5.74, 6) is 0.981. The highest BCUT2D eigenvalue weighted by atomic mass is 15.2. The lowest BCUT2D eigenvalue weighted by atomic mass is 9.77. The lowest BCUT2D eigenvalue weighted by Gasteiger charge is -2.47. The maximum absolute atomic E-state index is 3.77. The molecule has 2 aliphatic rings. The fourth-order valence-electron chi connectivity index (χ4n) is 4.27. The Labute approximate surface area is 126 Å². The predicted molar refractivity (Wildman–Crippen MR) is 88.1 cm³/mol. The number of nitrogens with zero attached hydrogens (tertiary/aromatic N) is 1. The smallest absolute Gasteiger partial charge is 0.0251 e. The van der Waals surface area contributed by atoms with Gasteiger partial charge in [0.2, 0.25) is 0 Å². The molecule has 1 aliphatic heterocycles. The van der Waals surface area contributed by atoms with Gasteiger partial charge in [-0.05, 0) is 63.1 Å². The predicted octanol–water partition coefficient (Wildman–Crippen LogP) is 4.06. The van der Waals surface area contributed by atoms with Crippen molar-refractivity contribution in [3.05, 3.63) is 0 Å². The molecule has 0 aromatic carbocycles. The Hall–Kier alpha value is -0.0800. The van der Waals surface area contributed by atoms with Crippen molar-refractivity contribution < 1.29 is 0 Å². The van der Waals surface area contributed by atoms with Gasteiger partial charge in [0.05, 0.1) is 0 Å². The molecule has 0 aromatic heterocycles. The molecule has 1 saturated heterocycles. The summed E-state index contributed by atoms with van der Waals surface area (Å²) in [7, 11) is 0. The molecule has 2 nitrogen and oxygen atoms in total. The SMILES string of the molecule is CCCC1CCC(NCC)C(N2CCC(C)(C)CC2)C1. The van der Waals surface area contributed by atoms with Crippen LogP contribution in [0.25, 0.3) is 0 Å². The van der Waals surface area contributed by atoms with Crippen LogP contribution in [-0.2, 0) is 0 Å². The van der Waals surface area contributed by atoms with E-state index in [1.54, 1.807) is 0 Å². The third kappa shape index (κ3) is 4.21. The van der Waals surface area contributed by atoms with Crippen LogP contribution in [0, 0.1) is 11.3 Å². The third-order valence-corrected chi connectivity index (χ3v) is 5.71. The van der Waals surface area contributed by atoms with E-state index in [-0.39, 0.29) is 0 Å². The Morgan fingerprint density at radius 3 is 2.40 bits per heavy atom. The van der Waals surface area contributed by atoms with Gasteiger partial charge in [0.25, 0.3) is 0 Å². The Morgan fingerprint density at radius 2 is 1.80 bits per heavy atom.